The van der Waals surface area contributed by atoms with E-state index in [1.54, 1.807) is 20.4 Å². The molecule has 0 radical (unpaired) electrons. The average Bonchev–Trinajstić information content (AvgIpc) is 2.99. The summed E-state index contributed by atoms with van der Waals surface area (Å²) in [4.78, 5) is 16.4. The number of ether oxygens (including phenoxy) is 4. The molecule has 1 aliphatic heterocycles. The summed E-state index contributed by atoms with van der Waals surface area (Å²) in [5.41, 5.74) is 2.63. The van der Waals surface area contributed by atoms with Crippen molar-refractivity contribution >= 4 is 17.1 Å². The van der Waals surface area contributed by atoms with Crippen molar-refractivity contribution < 1.29 is 23.7 Å². The number of methoxy groups -OCH3 is 2. The van der Waals surface area contributed by atoms with E-state index in [0.29, 0.717) is 0 Å². The topological polar surface area (TPSA) is 66.9 Å². The van der Waals surface area contributed by atoms with Gasteiger partial charge in [-0.3, -0.25) is 4.98 Å². The van der Waals surface area contributed by atoms with Gasteiger partial charge in [0.05, 0.1) is 18.7 Å². The Labute approximate surface area is 147 Å². The molecule has 3 unspecified atom stereocenters. The Morgan fingerprint density at radius 2 is 2.08 bits per heavy atom. The summed E-state index contributed by atoms with van der Waals surface area (Å²) in [5, 5.41) is 0.888. The van der Waals surface area contributed by atoms with E-state index in [0.717, 1.165) is 40.6 Å². The maximum atomic E-state index is 11.9. The number of pyridine rings is 1. The molecule has 6 heteroatoms. The van der Waals surface area contributed by atoms with Gasteiger partial charge >= 0.3 is 6.16 Å². The standard InChI is InChI=1S/C19H23NO5/c1-5-6-15(23-4)17-18(25-19(21)24-17)16-11(2)10-20-14-8-7-12(22-3)9-13(14)16/h7-10,15,17-18H,5-6H2,1-4H3. The van der Waals surface area contributed by atoms with Crippen molar-refractivity contribution in [2.75, 3.05) is 14.2 Å². The number of aromatic nitrogens is 1. The van der Waals surface area contributed by atoms with Crippen LogP contribution in [0.5, 0.6) is 5.75 Å². The fraction of sp³-hybridized carbons (Fsp3) is 0.474. The summed E-state index contributed by atoms with van der Waals surface area (Å²) in [6, 6.07) is 5.66. The van der Waals surface area contributed by atoms with Gasteiger partial charge in [0.15, 0.2) is 12.2 Å². The molecule has 0 saturated carbocycles. The van der Waals surface area contributed by atoms with Crippen molar-refractivity contribution in [2.24, 2.45) is 0 Å². The second kappa shape index (κ2) is 7.27. The molecule has 1 fully saturated rings. The molecule has 2 aromatic rings. The summed E-state index contributed by atoms with van der Waals surface area (Å²) in [5.74, 6) is 0.722. The second-order valence-electron chi connectivity index (χ2n) is 6.17. The summed E-state index contributed by atoms with van der Waals surface area (Å²) in [6.07, 6.45) is 1.56. The van der Waals surface area contributed by atoms with Gasteiger partial charge in [-0.25, -0.2) is 4.79 Å². The number of fused-ring (bicyclic) bond motifs is 1. The molecule has 6 nitrogen and oxygen atoms in total. The van der Waals surface area contributed by atoms with Crippen LogP contribution in [0.4, 0.5) is 4.79 Å². The highest BCUT2D eigenvalue weighted by Gasteiger charge is 2.44. The minimum atomic E-state index is -0.666. The highest BCUT2D eigenvalue weighted by Crippen LogP contribution is 2.39. The lowest BCUT2D eigenvalue weighted by molar-refractivity contribution is -0.0206. The van der Waals surface area contributed by atoms with Crippen LogP contribution in [0.25, 0.3) is 10.9 Å². The third-order valence-corrected chi connectivity index (χ3v) is 4.60. The van der Waals surface area contributed by atoms with E-state index in [1.165, 1.54) is 0 Å². The zero-order chi connectivity index (χ0) is 18.0. The lowest BCUT2D eigenvalue weighted by Crippen LogP contribution is -2.32. The third kappa shape index (κ3) is 3.26. The number of hydrogen-bond acceptors (Lipinski definition) is 6. The van der Waals surface area contributed by atoms with Crippen molar-refractivity contribution in [3.8, 4) is 5.75 Å². The van der Waals surface area contributed by atoms with Crippen molar-refractivity contribution in [1.29, 1.82) is 0 Å². The Balaban J connectivity index is 2.12. The number of carbonyl (C=O) groups is 1. The van der Waals surface area contributed by atoms with Gasteiger partial charge in [0, 0.05) is 24.3 Å². The predicted octanol–water partition coefficient (Wildman–Crippen LogP) is 3.94. The molecular weight excluding hydrogens is 322 g/mol. The molecule has 0 spiro atoms. The summed E-state index contributed by atoms with van der Waals surface area (Å²) >= 11 is 0. The van der Waals surface area contributed by atoms with Crippen LogP contribution in [-0.2, 0) is 14.2 Å². The number of aryl methyl sites for hydroxylation is 1. The van der Waals surface area contributed by atoms with Gasteiger partial charge in [-0.05, 0) is 37.1 Å². The Morgan fingerprint density at radius 1 is 1.28 bits per heavy atom. The van der Waals surface area contributed by atoms with Crippen LogP contribution in [-0.4, -0.2) is 37.6 Å². The van der Waals surface area contributed by atoms with E-state index >= 15 is 0 Å². The minimum Gasteiger partial charge on any atom is -0.497 e. The lowest BCUT2D eigenvalue weighted by atomic mass is 9.92. The Hall–Kier alpha value is -2.34. The number of rotatable bonds is 6. The monoisotopic (exact) mass is 345 g/mol. The largest absolute Gasteiger partial charge is 0.509 e. The molecule has 25 heavy (non-hydrogen) atoms. The van der Waals surface area contributed by atoms with E-state index in [1.807, 2.05) is 25.1 Å². The highest BCUT2D eigenvalue weighted by molar-refractivity contribution is 5.85. The second-order valence-corrected chi connectivity index (χ2v) is 6.17. The Morgan fingerprint density at radius 3 is 2.76 bits per heavy atom. The molecule has 0 N–H and O–H groups in total. The maximum Gasteiger partial charge on any atom is 0.509 e. The van der Waals surface area contributed by atoms with Gasteiger partial charge in [0.1, 0.15) is 5.75 Å². The lowest BCUT2D eigenvalue weighted by Gasteiger charge is -2.25. The normalized spacial score (nSPS) is 21.0. The summed E-state index contributed by atoms with van der Waals surface area (Å²) in [7, 11) is 3.25. The molecular formula is C19H23NO5. The zero-order valence-electron chi connectivity index (χ0n) is 14.9. The van der Waals surface area contributed by atoms with Crippen molar-refractivity contribution in [1.82, 2.24) is 4.98 Å². The maximum absolute atomic E-state index is 11.9. The van der Waals surface area contributed by atoms with Crippen LogP contribution in [0.3, 0.4) is 0 Å². The first-order valence-corrected chi connectivity index (χ1v) is 8.42. The molecule has 3 rings (SSSR count). The summed E-state index contributed by atoms with van der Waals surface area (Å²) in [6.45, 7) is 4.02. The van der Waals surface area contributed by atoms with Crippen LogP contribution in [0.2, 0.25) is 0 Å². The number of benzene rings is 1. The van der Waals surface area contributed by atoms with Crippen LogP contribution in [0.15, 0.2) is 24.4 Å². The molecule has 134 valence electrons. The Kier molecular flexibility index (Phi) is 5.08. The zero-order valence-corrected chi connectivity index (χ0v) is 14.9. The number of nitrogens with zero attached hydrogens (tertiary/aromatic N) is 1. The first-order chi connectivity index (χ1) is 12.1. The molecule has 1 aliphatic rings. The van der Waals surface area contributed by atoms with Crippen molar-refractivity contribution in [2.45, 2.75) is 45.0 Å². The molecule has 1 saturated heterocycles. The average molecular weight is 345 g/mol. The van der Waals surface area contributed by atoms with E-state index < -0.39 is 18.4 Å². The Bertz CT molecular complexity index is 776. The van der Waals surface area contributed by atoms with Gasteiger partial charge in [-0.1, -0.05) is 13.3 Å². The van der Waals surface area contributed by atoms with Crippen molar-refractivity contribution in [3.63, 3.8) is 0 Å². The van der Waals surface area contributed by atoms with E-state index in [2.05, 4.69) is 11.9 Å². The van der Waals surface area contributed by atoms with Gasteiger partial charge in [0.25, 0.3) is 0 Å². The SMILES string of the molecule is CCCC(OC)C1OC(=O)OC1c1c(C)cnc2ccc(OC)cc12. The quantitative estimate of drug-likeness (QED) is 0.739. The fourth-order valence-electron chi connectivity index (χ4n) is 3.36. The van der Waals surface area contributed by atoms with Crippen LogP contribution >= 0.6 is 0 Å². The number of carbonyl (C=O) groups excluding carboxylic acids is 1. The summed E-state index contributed by atoms with van der Waals surface area (Å²) < 4.78 is 21.9. The molecule has 0 aliphatic carbocycles. The van der Waals surface area contributed by atoms with Crippen molar-refractivity contribution in [3.05, 3.63) is 35.5 Å². The number of hydrogen-bond donors (Lipinski definition) is 0. The first-order valence-electron chi connectivity index (χ1n) is 8.42. The van der Waals surface area contributed by atoms with Gasteiger partial charge < -0.3 is 18.9 Å². The fourth-order valence-corrected chi connectivity index (χ4v) is 3.36. The van der Waals surface area contributed by atoms with Gasteiger partial charge in [-0.15, -0.1) is 0 Å². The van der Waals surface area contributed by atoms with Gasteiger partial charge in [0.2, 0.25) is 0 Å². The smallest absolute Gasteiger partial charge is 0.497 e. The molecule has 3 atom stereocenters. The van der Waals surface area contributed by atoms with E-state index in [4.69, 9.17) is 18.9 Å². The molecule has 0 bridgehead atoms. The minimum absolute atomic E-state index is 0.227. The molecule has 2 heterocycles. The molecule has 0 amide bonds. The van der Waals surface area contributed by atoms with Gasteiger partial charge in [-0.2, -0.15) is 0 Å². The third-order valence-electron chi connectivity index (χ3n) is 4.60. The van der Waals surface area contributed by atoms with Crippen LogP contribution in [0.1, 0.15) is 37.0 Å². The first kappa shape index (κ1) is 17.5. The predicted molar refractivity (Wildman–Crippen MR) is 92.8 cm³/mol. The van der Waals surface area contributed by atoms with E-state index in [-0.39, 0.29) is 6.10 Å². The molecule has 1 aromatic carbocycles. The highest BCUT2D eigenvalue weighted by atomic mass is 16.8. The molecule has 1 aromatic heterocycles. The van der Waals surface area contributed by atoms with E-state index in [9.17, 15) is 4.79 Å². The number of cyclic esters (lactones) is 2. The van der Waals surface area contributed by atoms with Crippen LogP contribution in [0, 0.1) is 6.92 Å². The van der Waals surface area contributed by atoms with Crippen LogP contribution < -0.4 is 4.74 Å².